The number of hydrogen-bond donors (Lipinski definition) is 1. The molecule has 0 aliphatic carbocycles. The van der Waals surface area contributed by atoms with E-state index in [0.717, 1.165) is 11.3 Å². The Balaban J connectivity index is 2.32. The number of halogens is 1. The Hall–Kier alpha value is -1.55. The summed E-state index contributed by atoms with van der Waals surface area (Å²) in [5.74, 6) is -0.916. The highest BCUT2D eigenvalue weighted by Crippen LogP contribution is 2.29. The average molecular weight is 253 g/mol. The van der Waals surface area contributed by atoms with E-state index in [4.69, 9.17) is 17.3 Å². The zero-order valence-corrected chi connectivity index (χ0v) is 10.2. The van der Waals surface area contributed by atoms with E-state index >= 15 is 0 Å². The fourth-order valence-electron chi connectivity index (χ4n) is 2.00. The number of nitrogens with zero attached hydrogens (tertiary/aromatic N) is 1. The molecule has 0 radical (unpaired) electrons. The SMILES string of the molecule is Cc1ccc(Cl)cc1N1C[C@H](C(N)=O)CC1=O. The number of benzene rings is 1. The van der Waals surface area contributed by atoms with Gasteiger partial charge >= 0.3 is 0 Å². The van der Waals surface area contributed by atoms with Gasteiger partial charge in [0, 0.05) is 23.7 Å². The number of amides is 2. The molecule has 1 aliphatic heterocycles. The van der Waals surface area contributed by atoms with E-state index in [1.54, 1.807) is 17.0 Å². The highest BCUT2D eigenvalue weighted by Gasteiger charge is 2.34. The first-order valence-electron chi connectivity index (χ1n) is 5.35. The van der Waals surface area contributed by atoms with E-state index in [2.05, 4.69) is 0 Å². The number of aryl methyl sites for hydroxylation is 1. The summed E-state index contributed by atoms with van der Waals surface area (Å²) in [7, 11) is 0. The van der Waals surface area contributed by atoms with Crippen LogP contribution < -0.4 is 10.6 Å². The summed E-state index contributed by atoms with van der Waals surface area (Å²) in [6, 6.07) is 5.35. The molecule has 17 heavy (non-hydrogen) atoms. The quantitative estimate of drug-likeness (QED) is 0.867. The third-order valence-electron chi connectivity index (χ3n) is 2.99. The van der Waals surface area contributed by atoms with Crippen LogP contribution in [0.5, 0.6) is 0 Å². The largest absolute Gasteiger partial charge is 0.369 e. The Bertz CT molecular complexity index is 487. The summed E-state index contributed by atoms with van der Waals surface area (Å²) < 4.78 is 0. The van der Waals surface area contributed by atoms with E-state index in [1.807, 2.05) is 13.0 Å². The van der Waals surface area contributed by atoms with Crippen molar-refractivity contribution < 1.29 is 9.59 Å². The Morgan fingerprint density at radius 1 is 1.53 bits per heavy atom. The molecule has 0 aromatic heterocycles. The highest BCUT2D eigenvalue weighted by molar-refractivity contribution is 6.31. The zero-order valence-electron chi connectivity index (χ0n) is 9.44. The van der Waals surface area contributed by atoms with Gasteiger partial charge < -0.3 is 10.6 Å². The number of carbonyl (C=O) groups excluding carboxylic acids is 2. The fourth-order valence-corrected chi connectivity index (χ4v) is 2.17. The maximum atomic E-state index is 11.8. The molecule has 1 atom stereocenters. The van der Waals surface area contributed by atoms with Crippen LogP contribution >= 0.6 is 11.6 Å². The van der Waals surface area contributed by atoms with E-state index in [1.165, 1.54) is 0 Å². The molecule has 2 rings (SSSR count). The van der Waals surface area contributed by atoms with E-state index in [-0.39, 0.29) is 12.3 Å². The lowest BCUT2D eigenvalue weighted by molar-refractivity contribution is -0.123. The van der Waals surface area contributed by atoms with Crippen molar-refractivity contribution in [3.8, 4) is 0 Å². The van der Waals surface area contributed by atoms with Crippen molar-refractivity contribution in [1.29, 1.82) is 0 Å². The van der Waals surface area contributed by atoms with Crippen LogP contribution in [0.15, 0.2) is 18.2 Å². The molecule has 0 bridgehead atoms. The van der Waals surface area contributed by atoms with Crippen molar-refractivity contribution in [3.63, 3.8) is 0 Å². The number of nitrogens with two attached hydrogens (primary N) is 1. The van der Waals surface area contributed by atoms with Crippen molar-refractivity contribution in [3.05, 3.63) is 28.8 Å². The number of anilines is 1. The molecule has 5 heteroatoms. The highest BCUT2D eigenvalue weighted by atomic mass is 35.5. The van der Waals surface area contributed by atoms with Crippen LogP contribution in [0.3, 0.4) is 0 Å². The Kier molecular flexibility index (Phi) is 3.07. The molecular weight excluding hydrogens is 240 g/mol. The van der Waals surface area contributed by atoms with Crippen molar-refractivity contribution in [2.45, 2.75) is 13.3 Å². The minimum absolute atomic E-state index is 0.0841. The first-order chi connectivity index (χ1) is 7.99. The number of carbonyl (C=O) groups is 2. The summed E-state index contributed by atoms with van der Waals surface area (Å²) in [5, 5.41) is 0.570. The van der Waals surface area contributed by atoms with Crippen LogP contribution in [0.1, 0.15) is 12.0 Å². The van der Waals surface area contributed by atoms with Crippen LogP contribution in [0.4, 0.5) is 5.69 Å². The van der Waals surface area contributed by atoms with Crippen LogP contribution in [0.25, 0.3) is 0 Å². The molecule has 4 nitrogen and oxygen atoms in total. The van der Waals surface area contributed by atoms with Gasteiger partial charge in [0.1, 0.15) is 0 Å². The lowest BCUT2D eigenvalue weighted by Crippen LogP contribution is -2.28. The van der Waals surface area contributed by atoms with Gasteiger partial charge in [0.25, 0.3) is 0 Å². The Morgan fingerprint density at radius 2 is 2.24 bits per heavy atom. The molecule has 1 aromatic rings. The summed E-state index contributed by atoms with van der Waals surface area (Å²) in [5.41, 5.74) is 6.93. The average Bonchev–Trinajstić information content (AvgIpc) is 2.64. The number of rotatable bonds is 2. The molecule has 1 aliphatic rings. The molecule has 0 unspecified atom stereocenters. The summed E-state index contributed by atoms with van der Waals surface area (Å²) >= 11 is 5.91. The van der Waals surface area contributed by atoms with Gasteiger partial charge in [-0.2, -0.15) is 0 Å². The van der Waals surface area contributed by atoms with Gasteiger partial charge in [-0.3, -0.25) is 9.59 Å². The Morgan fingerprint density at radius 3 is 2.82 bits per heavy atom. The lowest BCUT2D eigenvalue weighted by atomic mass is 10.1. The summed E-state index contributed by atoms with van der Waals surface area (Å²) in [4.78, 5) is 24.5. The van der Waals surface area contributed by atoms with Crippen LogP contribution in [-0.4, -0.2) is 18.4 Å². The van der Waals surface area contributed by atoms with Crippen LogP contribution in [0.2, 0.25) is 5.02 Å². The lowest BCUT2D eigenvalue weighted by Gasteiger charge is -2.19. The zero-order chi connectivity index (χ0) is 12.6. The smallest absolute Gasteiger partial charge is 0.227 e. The van der Waals surface area contributed by atoms with Crippen molar-refractivity contribution in [1.82, 2.24) is 0 Å². The maximum Gasteiger partial charge on any atom is 0.227 e. The molecule has 2 amide bonds. The molecule has 0 spiro atoms. The molecule has 0 saturated carbocycles. The predicted octanol–water partition coefficient (Wildman–Crippen LogP) is 1.49. The van der Waals surface area contributed by atoms with E-state index in [9.17, 15) is 9.59 Å². The van der Waals surface area contributed by atoms with E-state index in [0.29, 0.717) is 11.6 Å². The Labute approximate surface area is 104 Å². The molecule has 90 valence electrons. The summed E-state index contributed by atoms with van der Waals surface area (Å²) in [6.45, 7) is 2.24. The first kappa shape index (κ1) is 11.9. The van der Waals surface area contributed by atoms with Gasteiger partial charge in [-0.15, -0.1) is 0 Å². The second kappa shape index (κ2) is 4.37. The van der Waals surface area contributed by atoms with E-state index < -0.39 is 11.8 Å². The molecule has 2 N–H and O–H groups in total. The monoisotopic (exact) mass is 252 g/mol. The van der Waals surface area contributed by atoms with Gasteiger partial charge in [0.05, 0.1) is 5.92 Å². The van der Waals surface area contributed by atoms with Crippen LogP contribution in [0, 0.1) is 12.8 Å². The normalized spacial score (nSPS) is 19.8. The van der Waals surface area contributed by atoms with Gasteiger partial charge in [-0.25, -0.2) is 0 Å². The molecule has 1 saturated heterocycles. The third-order valence-corrected chi connectivity index (χ3v) is 3.22. The molecule has 1 aromatic carbocycles. The molecule has 1 heterocycles. The second-order valence-electron chi connectivity index (χ2n) is 4.24. The standard InChI is InChI=1S/C12H13ClN2O2/c1-7-2-3-9(13)5-10(7)15-6-8(12(14)17)4-11(15)16/h2-3,5,8H,4,6H2,1H3,(H2,14,17)/t8-/m1/s1. The predicted molar refractivity (Wildman–Crippen MR) is 65.8 cm³/mol. The third kappa shape index (κ3) is 2.26. The molecular formula is C12H13ClN2O2. The van der Waals surface area contributed by atoms with Gasteiger partial charge in [0.15, 0.2) is 0 Å². The van der Waals surface area contributed by atoms with Crippen molar-refractivity contribution in [2.24, 2.45) is 11.7 Å². The minimum Gasteiger partial charge on any atom is -0.369 e. The van der Waals surface area contributed by atoms with Crippen LogP contribution in [-0.2, 0) is 9.59 Å². The number of hydrogen-bond acceptors (Lipinski definition) is 2. The fraction of sp³-hybridized carbons (Fsp3) is 0.333. The van der Waals surface area contributed by atoms with Crippen molar-refractivity contribution in [2.75, 3.05) is 11.4 Å². The second-order valence-corrected chi connectivity index (χ2v) is 4.68. The minimum atomic E-state index is -0.430. The summed E-state index contributed by atoms with van der Waals surface area (Å²) in [6.07, 6.45) is 0.182. The number of primary amides is 1. The topological polar surface area (TPSA) is 63.4 Å². The van der Waals surface area contributed by atoms with Gasteiger partial charge in [0.2, 0.25) is 11.8 Å². The maximum absolute atomic E-state index is 11.8. The van der Waals surface area contributed by atoms with Crippen molar-refractivity contribution >= 4 is 29.1 Å². The first-order valence-corrected chi connectivity index (χ1v) is 5.72. The van der Waals surface area contributed by atoms with Gasteiger partial charge in [-0.05, 0) is 24.6 Å². The molecule has 1 fully saturated rings. The van der Waals surface area contributed by atoms with Gasteiger partial charge in [-0.1, -0.05) is 17.7 Å².